The Hall–Kier alpha value is -2.36. The molecule has 84 valence electrons. The summed E-state index contributed by atoms with van der Waals surface area (Å²) in [4.78, 5) is 24.5. The standard InChI is InChI=1S/C13H10N2O2/c16-12-8-14-13(17)15(12)11-7-3-5-9-4-1-2-6-10(9)11/h1-7H,8H2,(H,14,17). The summed E-state index contributed by atoms with van der Waals surface area (Å²) in [6, 6.07) is 12.9. The Bertz CT molecular complexity index is 600. The van der Waals surface area contributed by atoms with E-state index in [0.29, 0.717) is 5.69 Å². The van der Waals surface area contributed by atoms with Crippen LogP contribution in [0.2, 0.25) is 0 Å². The lowest BCUT2D eigenvalue weighted by molar-refractivity contribution is -0.115. The van der Waals surface area contributed by atoms with Crippen LogP contribution in [0, 0.1) is 0 Å². The van der Waals surface area contributed by atoms with Gasteiger partial charge in [0.2, 0.25) is 0 Å². The first kappa shape index (κ1) is 9.84. The van der Waals surface area contributed by atoms with Crippen LogP contribution in [-0.2, 0) is 4.79 Å². The summed E-state index contributed by atoms with van der Waals surface area (Å²) in [7, 11) is 0. The van der Waals surface area contributed by atoms with Gasteiger partial charge in [-0.15, -0.1) is 0 Å². The van der Waals surface area contributed by atoms with Gasteiger partial charge in [0.05, 0.1) is 12.2 Å². The molecule has 0 saturated carbocycles. The maximum Gasteiger partial charge on any atom is 0.329 e. The molecule has 1 saturated heterocycles. The van der Waals surface area contributed by atoms with E-state index in [1.807, 2.05) is 36.4 Å². The third kappa shape index (κ3) is 1.45. The van der Waals surface area contributed by atoms with E-state index in [1.54, 1.807) is 6.07 Å². The van der Waals surface area contributed by atoms with Gasteiger partial charge in [-0.1, -0.05) is 36.4 Å². The van der Waals surface area contributed by atoms with E-state index in [1.165, 1.54) is 4.90 Å². The molecule has 3 amide bonds. The number of amides is 3. The zero-order valence-electron chi connectivity index (χ0n) is 9.01. The van der Waals surface area contributed by atoms with Crippen LogP contribution in [0.1, 0.15) is 0 Å². The van der Waals surface area contributed by atoms with Crippen molar-refractivity contribution in [1.29, 1.82) is 0 Å². The highest BCUT2D eigenvalue weighted by atomic mass is 16.2. The average Bonchev–Trinajstić information content (AvgIpc) is 2.69. The van der Waals surface area contributed by atoms with E-state index < -0.39 is 0 Å². The Morgan fingerprint density at radius 1 is 1.00 bits per heavy atom. The molecule has 1 heterocycles. The molecule has 1 aliphatic rings. The van der Waals surface area contributed by atoms with Crippen molar-refractivity contribution in [3.8, 4) is 0 Å². The molecule has 0 aromatic heterocycles. The first-order valence-electron chi connectivity index (χ1n) is 5.36. The van der Waals surface area contributed by atoms with Crippen LogP contribution in [0.25, 0.3) is 10.8 Å². The van der Waals surface area contributed by atoms with E-state index in [0.717, 1.165) is 10.8 Å². The number of hydrogen-bond acceptors (Lipinski definition) is 2. The van der Waals surface area contributed by atoms with Crippen LogP contribution < -0.4 is 10.2 Å². The lowest BCUT2D eigenvalue weighted by Crippen LogP contribution is -2.30. The Morgan fingerprint density at radius 3 is 2.53 bits per heavy atom. The maximum absolute atomic E-state index is 11.7. The minimum atomic E-state index is -0.355. The molecule has 1 fully saturated rings. The minimum Gasteiger partial charge on any atom is -0.328 e. The summed E-state index contributed by atoms with van der Waals surface area (Å²) in [5, 5.41) is 4.43. The van der Waals surface area contributed by atoms with Crippen molar-refractivity contribution in [3.05, 3.63) is 42.5 Å². The van der Waals surface area contributed by atoms with Crippen LogP contribution in [-0.4, -0.2) is 18.5 Å². The maximum atomic E-state index is 11.7. The van der Waals surface area contributed by atoms with Crippen LogP contribution in [0.4, 0.5) is 10.5 Å². The number of nitrogens with zero attached hydrogens (tertiary/aromatic N) is 1. The number of fused-ring (bicyclic) bond motifs is 1. The molecule has 4 nitrogen and oxygen atoms in total. The van der Waals surface area contributed by atoms with Crippen molar-refractivity contribution in [1.82, 2.24) is 5.32 Å². The quantitative estimate of drug-likeness (QED) is 0.755. The number of rotatable bonds is 1. The largest absolute Gasteiger partial charge is 0.329 e. The smallest absolute Gasteiger partial charge is 0.328 e. The van der Waals surface area contributed by atoms with Gasteiger partial charge in [-0.05, 0) is 11.5 Å². The van der Waals surface area contributed by atoms with E-state index in [-0.39, 0.29) is 18.5 Å². The normalized spacial score (nSPS) is 15.4. The van der Waals surface area contributed by atoms with Gasteiger partial charge in [-0.2, -0.15) is 0 Å². The van der Waals surface area contributed by atoms with Crippen LogP contribution in [0.3, 0.4) is 0 Å². The summed E-state index contributed by atoms with van der Waals surface area (Å²) >= 11 is 0. The van der Waals surface area contributed by atoms with Gasteiger partial charge in [0.1, 0.15) is 0 Å². The number of carbonyl (C=O) groups excluding carboxylic acids is 2. The molecule has 1 N–H and O–H groups in total. The van der Waals surface area contributed by atoms with E-state index in [4.69, 9.17) is 0 Å². The predicted octanol–water partition coefficient (Wildman–Crippen LogP) is 1.90. The molecule has 1 aliphatic heterocycles. The van der Waals surface area contributed by atoms with E-state index in [9.17, 15) is 9.59 Å². The molecular weight excluding hydrogens is 216 g/mol. The fraction of sp³-hybridized carbons (Fsp3) is 0.0769. The Labute approximate surface area is 97.8 Å². The lowest BCUT2D eigenvalue weighted by Gasteiger charge is -2.14. The van der Waals surface area contributed by atoms with Crippen molar-refractivity contribution in [2.75, 3.05) is 11.4 Å². The average molecular weight is 226 g/mol. The summed E-state index contributed by atoms with van der Waals surface area (Å²) in [5.74, 6) is -0.216. The van der Waals surface area contributed by atoms with Crippen molar-refractivity contribution < 1.29 is 9.59 Å². The highest BCUT2D eigenvalue weighted by Crippen LogP contribution is 2.27. The molecule has 0 unspecified atom stereocenters. The molecule has 0 atom stereocenters. The Kier molecular flexibility index (Phi) is 2.08. The molecule has 0 radical (unpaired) electrons. The van der Waals surface area contributed by atoms with Gasteiger partial charge in [0.15, 0.2) is 0 Å². The monoisotopic (exact) mass is 226 g/mol. The highest BCUT2D eigenvalue weighted by molar-refractivity contribution is 6.23. The molecule has 0 bridgehead atoms. The van der Waals surface area contributed by atoms with E-state index in [2.05, 4.69) is 5.32 Å². The fourth-order valence-corrected chi connectivity index (χ4v) is 2.07. The number of hydrogen-bond donors (Lipinski definition) is 1. The number of urea groups is 1. The number of carbonyl (C=O) groups is 2. The van der Waals surface area contributed by atoms with Crippen LogP contribution in [0.15, 0.2) is 42.5 Å². The number of benzene rings is 2. The molecule has 4 heteroatoms. The second-order valence-electron chi connectivity index (χ2n) is 3.89. The van der Waals surface area contributed by atoms with Crippen molar-refractivity contribution >= 4 is 28.4 Å². The zero-order valence-corrected chi connectivity index (χ0v) is 9.01. The van der Waals surface area contributed by atoms with Crippen molar-refractivity contribution in [2.45, 2.75) is 0 Å². The van der Waals surface area contributed by atoms with Gasteiger partial charge >= 0.3 is 6.03 Å². The van der Waals surface area contributed by atoms with Gasteiger partial charge in [-0.3, -0.25) is 4.79 Å². The molecule has 2 aromatic carbocycles. The SMILES string of the molecule is O=C1CNC(=O)N1c1cccc2ccccc12. The second kappa shape index (κ2) is 3.59. The molecule has 0 spiro atoms. The molecule has 2 aromatic rings. The zero-order chi connectivity index (χ0) is 11.8. The van der Waals surface area contributed by atoms with Crippen LogP contribution in [0.5, 0.6) is 0 Å². The van der Waals surface area contributed by atoms with Gasteiger partial charge in [0, 0.05) is 5.39 Å². The van der Waals surface area contributed by atoms with Crippen LogP contribution >= 0.6 is 0 Å². The highest BCUT2D eigenvalue weighted by Gasteiger charge is 2.30. The van der Waals surface area contributed by atoms with Gasteiger partial charge < -0.3 is 5.32 Å². The van der Waals surface area contributed by atoms with Crippen molar-refractivity contribution in [3.63, 3.8) is 0 Å². The van der Waals surface area contributed by atoms with E-state index >= 15 is 0 Å². The molecular formula is C13H10N2O2. The van der Waals surface area contributed by atoms with Gasteiger partial charge in [-0.25, -0.2) is 9.69 Å². The lowest BCUT2D eigenvalue weighted by atomic mass is 10.1. The third-order valence-corrected chi connectivity index (χ3v) is 2.85. The number of anilines is 1. The number of imide groups is 1. The summed E-state index contributed by atoms with van der Waals surface area (Å²) in [6.45, 7) is 0.0715. The fourth-order valence-electron chi connectivity index (χ4n) is 2.07. The number of nitrogens with one attached hydrogen (secondary N) is 1. The minimum absolute atomic E-state index is 0.0715. The van der Waals surface area contributed by atoms with Crippen molar-refractivity contribution in [2.24, 2.45) is 0 Å². The molecule has 0 aliphatic carbocycles. The summed E-state index contributed by atoms with van der Waals surface area (Å²) < 4.78 is 0. The summed E-state index contributed by atoms with van der Waals surface area (Å²) in [6.07, 6.45) is 0. The van der Waals surface area contributed by atoms with Gasteiger partial charge in [0.25, 0.3) is 5.91 Å². The topological polar surface area (TPSA) is 49.4 Å². The second-order valence-corrected chi connectivity index (χ2v) is 3.89. The first-order chi connectivity index (χ1) is 8.27. The summed E-state index contributed by atoms with van der Waals surface area (Å²) in [5.41, 5.74) is 0.642. The first-order valence-corrected chi connectivity index (χ1v) is 5.36. The molecule has 17 heavy (non-hydrogen) atoms. The third-order valence-electron chi connectivity index (χ3n) is 2.85. The Balaban J connectivity index is 2.23. The molecule has 3 rings (SSSR count). The predicted molar refractivity (Wildman–Crippen MR) is 64.8 cm³/mol. The Morgan fingerprint density at radius 2 is 1.76 bits per heavy atom.